The Morgan fingerprint density at radius 1 is 1.31 bits per heavy atom. The number of rotatable bonds is 4. The van der Waals surface area contributed by atoms with Gasteiger partial charge in [-0.25, -0.2) is 0 Å². The van der Waals surface area contributed by atoms with Gasteiger partial charge in [0.1, 0.15) is 18.0 Å². The summed E-state index contributed by atoms with van der Waals surface area (Å²) in [5.74, 6) is -1.38. The summed E-state index contributed by atoms with van der Waals surface area (Å²) in [7, 11) is 1.47. The predicted molar refractivity (Wildman–Crippen MR) is 52.3 cm³/mol. The van der Waals surface area contributed by atoms with Gasteiger partial charge in [0.15, 0.2) is 0 Å². The van der Waals surface area contributed by atoms with Crippen LogP contribution in [0, 0.1) is 5.92 Å². The maximum atomic E-state index is 12.3. The Morgan fingerprint density at radius 2 is 1.88 bits per heavy atom. The van der Waals surface area contributed by atoms with Crippen molar-refractivity contribution in [3.05, 3.63) is 29.8 Å². The van der Waals surface area contributed by atoms with E-state index < -0.39 is 12.1 Å². The average molecular weight is 232 g/mol. The number of benzene rings is 1. The molecule has 1 unspecified atom stereocenters. The lowest BCUT2D eigenvalue weighted by Crippen LogP contribution is -2.26. The molecule has 1 aromatic carbocycles. The minimum atomic E-state index is -4.48. The van der Waals surface area contributed by atoms with Gasteiger partial charge in [-0.1, -0.05) is 12.1 Å². The first-order valence-corrected chi connectivity index (χ1v) is 4.62. The van der Waals surface area contributed by atoms with E-state index in [1.165, 1.54) is 19.2 Å². The monoisotopic (exact) mass is 232 g/mol. The Bertz CT molecular complexity index is 343. The first-order chi connectivity index (χ1) is 7.47. The van der Waals surface area contributed by atoms with Gasteiger partial charge in [-0.05, 0) is 24.1 Å². The van der Waals surface area contributed by atoms with Crippen LogP contribution in [0.5, 0.6) is 5.75 Å². The summed E-state index contributed by atoms with van der Waals surface area (Å²) in [5, 5.41) is 0. The summed E-state index contributed by atoms with van der Waals surface area (Å²) in [6.07, 6.45) is -4.89. The van der Waals surface area contributed by atoms with Gasteiger partial charge in [-0.15, -0.1) is 0 Å². The maximum Gasteiger partial charge on any atom is 0.398 e. The second-order valence-electron chi connectivity index (χ2n) is 3.34. The van der Waals surface area contributed by atoms with E-state index in [0.717, 1.165) is 0 Å². The van der Waals surface area contributed by atoms with Crippen LogP contribution >= 0.6 is 0 Å². The van der Waals surface area contributed by atoms with Crippen molar-refractivity contribution in [3.63, 3.8) is 0 Å². The molecule has 0 heterocycles. The van der Waals surface area contributed by atoms with Crippen LogP contribution in [0.25, 0.3) is 0 Å². The molecule has 5 heteroatoms. The molecule has 0 saturated carbocycles. The molecule has 0 saturated heterocycles. The molecule has 0 amide bonds. The molecular formula is C11H11F3O2. The summed E-state index contributed by atoms with van der Waals surface area (Å²) in [6, 6.07) is 6.16. The Kier molecular flexibility index (Phi) is 3.93. The van der Waals surface area contributed by atoms with E-state index in [4.69, 9.17) is 4.74 Å². The van der Waals surface area contributed by atoms with Crippen molar-refractivity contribution in [1.82, 2.24) is 0 Å². The molecule has 88 valence electrons. The number of aldehydes is 1. The molecule has 0 radical (unpaired) electrons. The first-order valence-electron chi connectivity index (χ1n) is 4.62. The van der Waals surface area contributed by atoms with Gasteiger partial charge in [-0.2, -0.15) is 13.2 Å². The second-order valence-corrected chi connectivity index (χ2v) is 3.34. The van der Waals surface area contributed by atoms with E-state index >= 15 is 0 Å². The lowest BCUT2D eigenvalue weighted by atomic mass is 10.0. The summed E-state index contributed by atoms with van der Waals surface area (Å²) in [4.78, 5) is 10.3. The summed E-state index contributed by atoms with van der Waals surface area (Å²) in [5.41, 5.74) is 0.454. The third-order valence-electron chi connectivity index (χ3n) is 2.20. The zero-order valence-corrected chi connectivity index (χ0v) is 8.62. The topological polar surface area (TPSA) is 26.3 Å². The molecule has 1 atom stereocenters. The van der Waals surface area contributed by atoms with Crippen LogP contribution in [0.1, 0.15) is 5.56 Å². The zero-order valence-electron chi connectivity index (χ0n) is 8.62. The number of hydrogen-bond acceptors (Lipinski definition) is 2. The molecule has 0 aliphatic carbocycles. The van der Waals surface area contributed by atoms with Crippen LogP contribution in [0.3, 0.4) is 0 Å². The molecule has 0 N–H and O–H groups in total. The van der Waals surface area contributed by atoms with Crippen molar-refractivity contribution in [3.8, 4) is 5.75 Å². The normalized spacial score (nSPS) is 13.2. The lowest BCUT2D eigenvalue weighted by molar-refractivity contribution is -0.174. The minimum absolute atomic E-state index is 0.0652. The van der Waals surface area contributed by atoms with Gasteiger partial charge in [0, 0.05) is 0 Å². The summed E-state index contributed by atoms with van der Waals surface area (Å²) < 4.78 is 41.8. The second kappa shape index (κ2) is 5.01. The predicted octanol–water partition coefficient (Wildman–Crippen LogP) is 2.62. The van der Waals surface area contributed by atoms with E-state index in [-0.39, 0.29) is 12.7 Å². The summed E-state index contributed by atoms with van der Waals surface area (Å²) >= 11 is 0. The van der Waals surface area contributed by atoms with Crippen molar-refractivity contribution in [2.24, 2.45) is 5.92 Å². The average Bonchev–Trinajstić information content (AvgIpc) is 2.25. The van der Waals surface area contributed by atoms with E-state index in [9.17, 15) is 18.0 Å². The number of alkyl halides is 3. The Labute approximate surface area is 91.0 Å². The fraction of sp³-hybridized carbons (Fsp3) is 0.364. The van der Waals surface area contributed by atoms with Crippen LogP contribution in [0.4, 0.5) is 13.2 Å². The van der Waals surface area contributed by atoms with Gasteiger partial charge in [0.05, 0.1) is 7.11 Å². The van der Waals surface area contributed by atoms with Crippen LogP contribution in [0.15, 0.2) is 24.3 Å². The Morgan fingerprint density at radius 3 is 2.25 bits per heavy atom. The third-order valence-corrected chi connectivity index (χ3v) is 2.20. The standard InChI is InChI=1S/C11H11F3O2/c1-16-10-4-2-8(3-5-10)6-9(7-15)11(12,13)14/h2-5,7,9H,6H2,1H3. The van der Waals surface area contributed by atoms with Gasteiger partial charge in [0.2, 0.25) is 0 Å². The Hall–Kier alpha value is -1.52. The van der Waals surface area contributed by atoms with Crippen LogP contribution in [-0.2, 0) is 11.2 Å². The highest BCUT2D eigenvalue weighted by atomic mass is 19.4. The molecule has 0 aliphatic heterocycles. The molecule has 1 aromatic rings. The highest BCUT2D eigenvalue weighted by Gasteiger charge is 2.39. The zero-order chi connectivity index (χ0) is 12.2. The van der Waals surface area contributed by atoms with E-state index in [1.54, 1.807) is 12.1 Å². The molecule has 0 spiro atoms. The van der Waals surface area contributed by atoms with Gasteiger partial charge >= 0.3 is 6.18 Å². The lowest BCUT2D eigenvalue weighted by Gasteiger charge is -2.14. The van der Waals surface area contributed by atoms with Crippen LogP contribution in [0.2, 0.25) is 0 Å². The highest BCUT2D eigenvalue weighted by Crippen LogP contribution is 2.28. The molecule has 0 fully saturated rings. The maximum absolute atomic E-state index is 12.3. The number of hydrogen-bond donors (Lipinski definition) is 0. The van der Waals surface area contributed by atoms with Crippen LogP contribution < -0.4 is 4.74 Å². The van der Waals surface area contributed by atoms with E-state index in [2.05, 4.69) is 0 Å². The molecule has 0 aromatic heterocycles. The molecular weight excluding hydrogens is 221 g/mol. The van der Waals surface area contributed by atoms with Gasteiger partial charge < -0.3 is 9.53 Å². The van der Waals surface area contributed by atoms with Crippen molar-refractivity contribution in [1.29, 1.82) is 0 Å². The molecule has 1 rings (SSSR count). The summed E-state index contributed by atoms with van der Waals surface area (Å²) in [6.45, 7) is 0. The van der Waals surface area contributed by atoms with E-state index in [0.29, 0.717) is 11.3 Å². The molecule has 0 aliphatic rings. The van der Waals surface area contributed by atoms with Gasteiger partial charge in [0.25, 0.3) is 0 Å². The molecule has 0 bridgehead atoms. The number of carbonyl (C=O) groups excluding carboxylic acids is 1. The largest absolute Gasteiger partial charge is 0.497 e. The van der Waals surface area contributed by atoms with Crippen LogP contribution in [-0.4, -0.2) is 19.6 Å². The minimum Gasteiger partial charge on any atom is -0.497 e. The van der Waals surface area contributed by atoms with Crippen molar-refractivity contribution in [2.75, 3.05) is 7.11 Å². The van der Waals surface area contributed by atoms with Crippen molar-refractivity contribution >= 4 is 6.29 Å². The number of carbonyl (C=O) groups is 1. The van der Waals surface area contributed by atoms with Crippen molar-refractivity contribution < 1.29 is 22.7 Å². The Balaban J connectivity index is 2.75. The fourth-order valence-corrected chi connectivity index (χ4v) is 1.26. The fourth-order valence-electron chi connectivity index (χ4n) is 1.26. The number of halogens is 3. The molecule has 2 nitrogen and oxygen atoms in total. The van der Waals surface area contributed by atoms with Crippen molar-refractivity contribution in [2.45, 2.75) is 12.6 Å². The SMILES string of the molecule is COc1ccc(CC(C=O)C(F)(F)F)cc1. The third kappa shape index (κ3) is 3.25. The highest BCUT2D eigenvalue weighted by molar-refractivity contribution is 5.55. The molecule has 16 heavy (non-hydrogen) atoms. The quantitative estimate of drug-likeness (QED) is 0.746. The number of methoxy groups -OCH3 is 1. The first kappa shape index (κ1) is 12.5. The van der Waals surface area contributed by atoms with Gasteiger partial charge in [-0.3, -0.25) is 0 Å². The van der Waals surface area contributed by atoms with E-state index in [1.807, 2.05) is 0 Å². The number of ether oxygens (including phenoxy) is 1. The smallest absolute Gasteiger partial charge is 0.398 e.